The molecule has 0 aliphatic carbocycles. The van der Waals surface area contributed by atoms with Crippen LogP contribution in [0.25, 0.3) is 0 Å². The average molecular weight is 303 g/mol. The lowest BCUT2D eigenvalue weighted by molar-refractivity contribution is 0.302. The van der Waals surface area contributed by atoms with Gasteiger partial charge in [0.25, 0.3) is 0 Å². The molecule has 4 N–H and O–H groups in total. The molecule has 2 rings (SSSR count). The van der Waals surface area contributed by atoms with Crippen LogP contribution in [0.5, 0.6) is 5.75 Å². The first-order chi connectivity index (χ1) is 10.5. The predicted octanol–water partition coefficient (Wildman–Crippen LogP) is 1.18. The molecule has 0 atom stereocenters. The maximum Gasteiger partial charge on any atom is 0.221 e. The van der Waals surface area contributed by atoms with Gasteiger partial charge in [0.15, 0.2) is 0 Å². The van der Waals surface area contributed by atoms with Gasteiger partial charge < -0.3 is 20.8 Å². The number of imidazole rings is 1. The first-order valence-corrected chi connectivity index (χ1v) is 7.09. The van der Waals surface area contributed by atoms with Crippen molar-refractivity contribution in [2.24, 2.45) is 5.10 Å². The van der Waals surface area contributed by atoms with Crippen LogP contribution < -0.4 is 10.6 Å². The van der Waals surface area contributed by atoms with Gasteiger partial charge in [-0.05, 0) is 26.0 Å². The van der Waals surface area contributed by atoms with Crippen molar-refractivity contribution in [2.45, 2.75) is 13.8 Å². The van der Waals surface area contributed by atoms with Crippen molar-refractivity contribution in [2.75, 3.05) is 30.3 Å². The molecule has 118 valence electrons. The summed E-state index contributed by atoms with van der Waals surface area (Å²) in [4.78, 5) is 6.02. The van der Waals surface area contributed by atoms with Crippen LogP contribution in [0.4, 0.5) is 11.6 Å². The molecule has 22 heavy (non-hydrogen) atoms. The maximum absolute atomic E-state index is 10.1. The minimum Gasteiger partial charge on any atom is -0.507 e. The number of aryl methyl sites for hydroxylation is 1. The highest BCUT2D eigenvalue weighted by Crippen LogP contribution is 2.23. The Balaban J connectivity index is 2.21. The maximum atomic E-state index is 10.1. The molecule has 0 spiro atoms. The Morgan fingerprint density at radius 3 is 2.77 bits per heavy atom. The number of aromatic nitrogens is 2. The van der Waals surface area contributed by atoms with Gasteiger partial charge in [-0.15, -0.1) is 0 Å². The van der Waals surface area contributed by atoms with E-state index in [1.165, 1.54) is 10.9 Å². The van der Waals surface area contributed by atoms with Gasteiger partial charge in [0.2, 0.25) is 5.95 Å². The molecule has 1 heterocycles. The van der Waals surface area contributed by atoms with Crippen LogP contribution >= 0.6 is 0 Å². The number of likely N-dealkylation sites (N-methyl/N-ethyl adjacent to an activating group) is 1. The monoisotopic (exact) mass is 303 g/mol. The molecule has 0 radical (unpaired) electrons. The van der Waals surface area contributed by atoms with Crippen LogP contribution in [0.3, 0.4) is 0 Å². The van der Waals surface area contributed by atoms with Crippen molar-refractivity contribution in [1.82, 2.24) is 9.66 Å². The minimum atomic E-state index is 0.0665. The van der Waals surface area contributed by atoms with E-state index >= 15 is 0 Å². The Morgan fingerprint density at radius 1 is 1.45 bits per heavy atom. The lowest BCUT2D eigenvalue weighted by Crippen LogP contribution is -2.26. The Hall–Kier alpha value is -2.54. The lowest BCUT2D eigenvalue weighted by Gasteiger charge is -2.22. The number of rotatable bonds is 6. The molecule has 0 bridgehead atoms. The zero-order chi connectivity index (χ0) is 16.1. The Labute approximate surface area is 129 Å². The quantitative estimate of drug-likeness (QED) is 0.696. The third-order valence-electron chi connectivity index (χ3n) is 3.29. The second-order valence-corrected chi connectivity index (χ2v) is 4.88. The Kier molecular flexibility index (Phi) is 5.00. The molecule has 1 aromatic heterocycles. The van der Waals surface area contributed by atoms with E-state index in [4.69, 9.17) is 10.8 Å². The van der Waals surface area contributed by atoms with E-state index in [9.17, 15) is 5.11 Å². The minimum absolute atomic E-state index is 0.0665. The lowest BCUT2D eigenvalue weighted by atomic mass is 10.2. The SMILES string of the molecule is CCN(CCO)c1ccc(C=Nn2cc(C)nc2N)c(O)c1. The molecule has 0 fully saturated rings. The summed E-state index contributed by atoms with van der Waals surface area (Å²) >= 11 is 0. The van der Waals surface area contributed by atoms with Crippen LogP contribution in [0.1, 0.15) is 18.2 Å². The standard InChI is InChI=1S/C15H21N5O2/c1-3-19(6-7-21)13-5-4-12(14(22)8-13)9-17-20-10-11(2)18-15(20)16/h4-5,8-10,21-22H,3,6-7H2,1-2H3,(H2,16,18). The second kappa shape index (κ2) is 6.95. The van der Waals surface area contributed by atoms with Crippen LogP contribution in [0.2, 0.25) is 0 Å². The second-order valence-electron chi connectivity index (χ2n) is 4.88. The first-order valence-electron chi connectivity index (χ1n) is 7.09. The Morgan fingerprint density at radius 2 is 2.23 bits per heavy atom. The number of aliphatic hydroxyl groups excluding tert-OH is 1. The summed E-state index contributed by atoms with van der Waals surface area (Å²) in [6.07, 6.45) is 3.23. The van der Waals surface area contributed by atoms with Crippen molar-refractivity contribution in [3.05, 3.63) is 35.7 Å². The zero-order valence-electron chi connectivity index (χ0n) is 12.8. The van der Waals surface area contributed by atoms with Gasteiger partial charge in [-0.1, -0.05) is 0 Å². The molecule has 0 aliphatic heterocycles. The van der Waals surface area contributed by atoms with Gasteiger partial charge in [-0.25, -0.2) is 9.66 Å². The number of nitrogen functional groups attached to an aromatic ring is 1. The highest BCUT2D eigenvalue weighted by molar-refractivity contribution is 5.84. The number of anilines is 2. The van der Waals surface area contributed by atoms with E-state index in [2.05, 4.69) is 10.1 Å². The largest absolute Gasteiger partial charge is 0.507 e. The fourth-order valence-electron chi connectivity index (χ4n) is 2.15. The number of benzene rings is 1. The van der Waals surface area contributed by atoms with Crippen molar-refractivity contribution < 1.29 is 10.2 Å². The smallest absolute Gasteiger partial charge is 0.221 e. The average Bonchev–Trinajstić information content (AvgIpc) is 2.81. The molecule has 0 amide bonds. The van der Waals surface area contributed by atoms with Crippen molar-refractivity contribution in [3.63, 3.8) is 0 Å². The van der Waals surface area contributed by atoms with E-state index in [-0.39, 0.29) is 12.4 Å². The summed E-state index contributed by atoms with van der Waals surface area (Å²) in [6, 6.07) is 5.31. The predicted molar refractivity (Wildman–Crippen MR) is 87.4 cm³/mol. The van der Waals surface area contributed by atoms with Gasteiger partial charge >= 0.3 is 0 Å². The summed E-state index contributed by atoms with van der Waals surface area (Å²) in [5.41, 5.74) is 7.91. The van der Waals surface area contributed by atoms with Crippen LogP contribution in [-0.4, -0.2) is 45.8 Å². The molecular formula is C15H21N5O2. The number of nitrogens with two attached hydrogens (primary N) is 1. The summed E-state index contributed by atoms with van der Waals surface area (Å²) in [6.45, 7) is 5.16. The van der Waals surface area contributed by atoms with Gasteiger partial charge in [0.05, 0.1) is 24.7 Å². The molecule has 0 unspecified atom stereocenters. The summed E-state index contributed by atoms with van der Waals surface area (Å²) < 4.78 is 1.45. The number of hydrogen-bond donors (Lipinski definition) is 3. The summed E-state index contributed by atoms with van der Waals surface area (Å²) in [7, 11) is 0. The van der Waals surface area contributed by atoms with Crippen LogP contribution in [0, 0.1) is 6.92 Å². The fourth-order valence-corrected chi connectivity index (χ4v) is 2.15. The van der Waals surface area contributed by atoms with E-state index < -0.39 is 0 Å². The van der Waals surface area contributed by atoms with E-state index in [1.54, 1.807) is 18.3 Å². The number of phenols is 1. The number of phenolic OH excluding ortho intramolecular Hbond substituents is 1. The Bertz CT molecular complexity index is 666. The van der Waals surface area contributed by atoms with Crippen LogP contribution in [-0.2, 0) is 0 Å². The van der Waals surface area contributed by atoms with Gasteiger partial charge in [-0.2, -0.15) is 5.10 Å². The molecule has 0 aliphatic rings. The molecular weight excluding hydrogens is 282 g/mol. The molecule has 2 aromatic rings. The molecule has 1 aromatic carbocycles. The van der Waals surface area contributed by atoms with Gasteiger partial charge in [0, 0.05) is 30.4 Å². The highest BCUT2D eigenvalue weighted by atomic mass is 16.3. The van der Waals surface area contributed by atoms with E-state index in [0.717, 1.165) is 17.9 Å². The molecule has 7 heteroatoms. The van der Waals surface area contributed by atoms with Crippen molar-refractivity contribution in [1.29, 1.82) is 0 Å². The van der Waals surface area contributed by atoms with Crippen molar-refractivity contribution >= 4 is 17.9 Å². The normalized spacial score (nSPS) is 11.2. The van der Waals surface area contributed by atoms with Gasteiger partial charge in [-0.3, -0.25) is 0 Å². The number of hydrogen-bond acceptors (Lipinski definition) is 6. The molecule has 0 saturated heterocycles. The highest BCUT2D eigenvalue weighted by Gasteiger charge is 2.07. The first kappa shape index (κ1) is 15.8. The summed E-state index contributed by atoms with van der Waals surface area (Å²) in [5.74, 6) is 0.415. The molecule has 7 nitrogen and oxygen atoms in total. The van der Waals surface area contributed by atoms with E-state index in [0.29, 0.717) is 18.1 Å². The zero-order valence-corrected chi connectivity index (χ0v) is 12.8. The van der Waals surface area contributed by atoms with Crippen LogP contribution in [0.15, 0.2) is 29.5 Å². The summed E-state index contributed by atoms with van der Waals surface area (Å²) in [5, 5.41) is 23.3. The third kappa shape index (κ3) is 3.56. The number of aromatic hydroxyl groups is 1. The fraction of sp³-hybridized carbons (Fsp3) is 0.333. The topological polar surface area (TPSA) is 99.9 Å². The van der Waals surface area contributed by atoms with Gasteiger partial charge in [0.1, 0.15) is 5.75 Å². The van der Waals surface area contributed by atoms with Crippen molar-refractivity contribution in [3.8, 4) is 5.75 Å². The number of nitrogens with zero attached hydrogens (tertiary/aromatic N) is 4. The van der Waals surface area contributed by atoms with E-state index in [1.807, 2.05) is 24.8 Å². The number of aliphatic hydroxyl groups is 1. The third-order valence-corrected chi connectivity index (χ3v) is 3.29. The molecule has 0 saturated carbocycles.